The molecule has 1 rings (SSSR count). The van der Waals surface area contributed by atoms with Crippen molar-refractivity contribution in [2.24, 2.45) is 0 Å². The first-order valence-corrected chi connectivity index (χ1v) is 6.29. The maximum atomic E-state index is 11.6. The van der Waals surface area contributed by atoms with Gasteiger partial charge in [0.15, 0.2) is 5.82 Å². The lowest BCUT2D eigenvalue weighted by atomic mass is 10.3. The summed E-state index contributed by atoms with van der Waals surface area (Å²) < 4.78 is 6.33. The van der Waals surface area contributed by atoms with Gasteiger partial charge in [0.05, 0.1) is 13.7 Å². The zero-order chi connectivity index (χ0) is 14.4. The Labute approximate surface area is 112 Å². The summed E-state index contributed by atoms with van der Waals surface area (Å²) in [6.45, 7) is 5.51. The molecule has 0 spiro atoms. The Kier molecular flexibility index (Phi) is 5.47. The van der Waals surface area contributed by atoms with E-state index in [1.165, 1.54) is 14.0 Å². The number of aromatic nitrogens is 3. The first-order valence-electron chi connectivity index (χ1n) is 6.29. The molecule has 1 aromatic heterocycles. The van der Waals surface area contributed by atoms with E-state index in [1.807, 2.05) is 13.8 Å². The fourth-order valence-corrected chi connectivity index (χ4v) is 1.72. The number of aryl methyl sites for hydroxylation is 2. The van der Waals surface area contributed by atoms with Crippen molar-refractivity contribution in [3.8, 4) is 0 Å². The van der Waals surface area contributed by atoms with Crippen LogP contribution in [0.15, 0.2) is 0 Å². The summed E-state index contributed by atoms with van der Waals surface area (Å²) in [7, 11) is 1.29. The van der Waals surface area contributed by atoms with E-state index in [0.717, 1.165) is 18.1 Å². The monoisotopic (exact) mass is 268 g/mol. The van der Waals surface area contributed by atoms with Gasteiger partial charge in [0.2, 0.25) is 5.91 Å². The van der Waals surface area contributed by atoms with E-state index in [9.17, 15) is 9.59 Å². The van der Waals surface area contributed by atoms with Crippen molar-refractivity contribution in [1.82, 2.24) is 20.1 Å². The Morgan fingerprint density at radius 2 is 2.05 bits per heavy atom. The second kappa shape index (κ2) is 6.86. The number of hydrogen-bond donors (Lipinski definition) is 1. The number of amides is 1. The lowest BCUT2D eigenvalue weighted by Gasteiger charge is -2.16. The molecular weight excluding hydrogens is 248 g/mol. The number of hydrogen-bond acceptors (Lipinski definition) is 5. The Balaban J connectivity index is 2.91. The Morgan fingerprint density at radius 1 is 1.37 bits per heavy atom. The molecule has 1 unspecified atom stereocenters. The van der Waals surface area contributed by atoms with Crippen LogP contribution in [0.2, 0.25) is 0 Å². The molecule has 1 aromatic rings. The van der Waals surface area contributed by atoms with Crippen LogP contribution in [0, 0.1) is 0 Å². The summed E-state index contributed by atoms with van der Waals surface area (Å²) in [6, 6.07) is -0.751. The van der Waals surface area contributed by atoms with Gasteiger partial charge < -0.3 is 10.1 Å². The molecule has 1 atom stereocenters. The molecule has 0 aromatic carbocycles. The minimum Gasteiger partial charge on any atom is -0.467 e. The van der Waals surface area contributed by atoms with Crippen LogP contribution in [-0.4, -0.2) is 39.8 Å². The van der Waals surface area contributed by atoms with Crippen LogP contribution in [0.25, 0.3) is 0 Å². The predicted molar refractivity (Wildman–Crippen MR) is 68.4 cm³/mol. The Morgan fingerprint density at radius 3 is 2.53 bits per heavy atom. The van der Waals surface area contributed by atoms with E-state index >= 15 is 0 Å². The maximum Gasteiger partial charge on any atom is 0.330 e. The molecule has 0 aliphatic rings. The predicted octanol–water partition coefficient (Wildman–Crippen LogP) is 0.0806. The van der Waals surface area contributed by atoms with E-state index in [4.69, 9.17) is 0 Å². The first kappa shape index (κ1) is 15.1. The van der Waals surface area contributed by atoms with Crippen LogP contribution >= 0.6 is 0 Å². The van der Waals surface area contributed by atoms with Crippen molar-refractivity contribution in [1.29, 1.82) is 0 Å². The molecular formula is C12H20N4O3. The third kappa shape index (κ3) is 4.04. The molecule has 0 saturated heterocycles. The van der Waals surface area contributed by atoms with Gasteiger partial charge >= 0.3 is 5.97 Å². The molecule has 0 bridgehead atoms. The average molecular weight is 268 g/mol. The van der Waals surface area contributed by atoms with E-state index in [0.29, 0.717) is 6.42 Å². The number of rotatable bonds is 6. The molecule has 0 aliphatic heterocycles. The zero-order valence-corrected chi connectivity index (χ0v) is 11.8. The van der Waals surface area contributed by atoms with Crippen LogP contribution in [0.5, 0.6) is 0 Å². The van der Waals surface area contributed by atoms with E-state index in [1.54, 1.807) is 4.68 Å². The molecule has 0 saturated carbocycles. The van der Waals surface area contributed by atoms with E-state index < -0.39 is 12.0 Å². The van der Waals surface area contributed by atoms with Gasteiger partial charge in [-0.05, 0) is 0 Å². The van der Waals surface area contributed by atoms with Gasteiger partial charge in [0.25, 0.3) is 0 Å². The van der Waals surface area contributed by atoms with Crippen molar-refractivity contribution in [2.45, 2.75) is 46.2 Å². The van der Waals surface area contributed by atoms with Crippen LogP contribution in [-0.2, 0) is 33.7 Å². The molecule has 7 heteroatoms. The summed E-state index contributed by atoms with van der Waals surface area (Å²) in [4.78, 5) is 27.1. The quantitative estimate of drug-likeness (QED) is 0.738. The third-order valence-electron chi connectivity index (χ3n) is 2.64. The van der Waals surface area contributed by atoms with Gasteiger partial charge in [0.1, 0.15) is 11.9 Å². The van der Waals surface area contributed by atoms with Crippen molar-refractivity contribution < 1.29 is 14.3 Å². The Hall–Kier alpha value is -1.92. The minimum atomic E-state index is -0.751. The molecule has 0 radical (unpaired) electrons. The summed E-state index contributed by atoms with van der Waals surface area (Å²) in [5, 5.41) is 6.87. The summed E-state index contributed by atoms with van der Waals surface area (Å²) >= 11 is 0. The van der Waals surface area contributed by atoms with Crippen LogP contribution in [0.3, 0.4) is 0 Å². The van der Waals surface area contributed by atoms with Crippen molar-refractivity contribution >= 4 is 11.9 Å². The average Bonchev–Trinajstić information content (AvgIpc) is 2.78. The highest BCUT2D eigenvalue weighted by Gasteiger charge is 2.22. The van der Waals surface area contributed by atoms with Crippen LogP contribution in [0.4, 0.5) is 0 Å². The fourth-order valence-electron chi connectivity index (χ4n) is 1.72. The number of nitrogens with one attached hydrogen (secondary N) is 1. The van der Waals surface area contributed by atoms with Gasteiger partial charge in [-0.1, -0.05) is 13.8 Å². The number of carbonyl (C=O) groups is 2. The number of carbonyl (C=O) groups excluding carboxylic acids is 2. The standard InChI is InChI=1S/C12H20N4O3/c1-5-10-14-11(6-2)16(15-10)7-9(12(18)19-4)13-8(3)17/h9H,5-7H2,1-4H3,(H,13,17). The highest BCUT2D eigenvalue weighted by Crippen LogP contribution is 2.03. The van der Waals surface area contributed by atoms with Crippen molar-refractivity contribution in [3.05, 3.63) is 11.6 Å². The molecule has 7 nitrogen and oxygen atoms in total. The summed E-state index contributed by atoms with van der Waals surface area (Å²) in [5.41, 5.74) is 0. The first-order chi connectivity index (χ1) is 9.01. The van der Waals surface area contributed by atoms with E-state index in [-0.39, 0.29) is 12.5 Å². The molecule has 19 heavy (non-hydrogen) atoms. The van der Waals surface area contributed by atoms with Gasteiger partial charge in [-0.25, -0.2) is 14.5 Å². The highest BCUT2D eigenvalue weighted by atomic mass is 16.5. The molecule has 106 valence electrons. The third-order valence-corrected chi connectivity index (χ3v) is 2.64. The second-order valence-electron chi connectivity index (χ2n) is 4.11. The SMILES string of the molecule is CCc1nc(CC)n(CC(NC(C)=O)C(=O)OC)n1. The normalized spacial score (nSPS) is 12.0. The lowest BCUT2D eigenvalue weighted by Crippen LogP contribution is -2.43. The van der Waals surface area contributed by atoms with Crippen molar-refractivity contribution in [3.63, 3.8) is 0 Å². The molecule has 0 aliphatic carbocycles. The topological polar surface area (TPSA) is 86.1 Å². The Bertz CT molecular complexity index is 456. The smallest absolute Gasteiger partial charge is 0.330 e. The van der Waals surface area contributed by atoms with Gasteiger partial charge in [-0.2, -0.15) is 5.10 Å². The van der Waals surface area contributed by atoms with Crippen LogP contribution < -0.4 is 5.32 Å². The largest absolute Gasteiger partial charge is 0.467 e. The zero-order valence-electron chi connectivity index (χ0n) is 11.8. The molecule has 1 N–H and O–H groups in total. The fraction of sp³-hybridized carbons (Fsp3) is 0.667. The summed E-state index contributed by atoms with van der Waals surface area (Å²) in [6.07, 6.45) is 1.43. The molecule has 0 fully saturated rings. The molecule has 1 heterocycles. The number of methoxy groups -OCH3 is 1. The number of nitrogens with zero attached hydrogens (tertiary/aromatic N) is 3. The highest BCUT2D eigenvalue weighted by molar-refractivity contribution is 5.83. The maximum absolute atomic E-state index is 11.6. The van der Waals surface area contributed by atoms with Crippen molar-refractivity contribution in [2.75, 3.05) is 7.11 Å². The molecule has 1 amide bonds. The van der Waals surface area contributed by atoms with Gasteiger partial charge in [-0.15, -0.1) is 0 Å². The minimum absolute atomic E-state index is 0.225. The van der Waals surface area contributed by atoms with Crippen LogP contribution in [0.1, 0.15) is 32.4 Å². The number of ether oxygens (including phenoxy) is 1. The van der Waals surface area contributed by atoms with Gasteiger partial charge in [0, 0.05) is 19.8 Å². The second-order valence-corrected chi connectivity index (χ2v) is 4.11. The van der Waals surface area contributed by atoms with Gasteiger partial charge in [-0.3, -0.25) is 4.79 Å². The van der Waals surface area contributed by atoms with E-state index in [2.05, 4.69) is 20.1 Å². The number of esters is 1. The lowest BCUT2D eigenvalue weighted by molar-refractivity contribution is -0.145. The summed E-state index contributed by atoms with van der Waals surface area (Å²) in [5.74, 6) is 0.731.